The van der Waals surface area contributed by atoms with E-state index in [0.717, 1.165) is 6.42 Å². The lowest BCUT2D eigenvalue weighted by Crippen LogP contribution is -2.24. The molecule has 0 unspecified atom stereocenters. The van der Waals surface area contributed by atoms with Crippen LogP contribution in [-0.2, 0) is 0 Å². The summed E-state index contributed by atoms with van der Waals surface area (Å²) in [5, 5.41) is 5.48. The summed E-state index contributed by atoms with van der Waals surface area (Å²) in [5.41, 5.74) is 1.25. The SMILES string of the molecule is CCCNC(=O)c1cccc(NC(=O)c2ccoc2Cl)c1. The van der Waals surface area contributed by atoms with Crippen LogP contribution in [0, 0.1) is 0 Å². The van der Waals surface area contributed by atoms with Gasteiger partial charge in [-0.1, -0.05) is 13.0 Å². The molecule has 0 radical (unpaired) electrons. The summed E-state index contributed by atoms with van der Waals surface area (Å²) in [6, 6.07) is 8.17. The van der Waals surface area contributed by atoms with Crippen molar-refractivity contribution in [3.05, 3.63) is 52.9 Å². The van der Waals surface area contributed by atoms with Crippen LogP contribution < -0.4 is 10.6 Å². The van der Waals surface area contributed by atoms with E-state index in [-0.39, 0.29) is 22.6 Å². The van der Waals surface area contributed by atoms with E-state index in [1.807, 2.05) is 6.92 Å². The van der Waals surface area contributed by atoms with Gasteiger partial charge in [-0.25, -0.2) is 0 Å². The zero-order valence-electron chi connectivity index (χ0n) is 11.5. The highest BCUT2D eigenvalue weighted by Crippen LogP contribution is 2.19. The third-order valence-electron chi connectivity index (χ3n) is 2.78. The van der Waals surface area contributed by atoms with Crippen LogP contribution in [-0.4, -0.2) is 18.4 Å². The maximum Gasteiger partial charge on any atom is 0.260 e. The number of carbonyl (C=O) groups is 2. The molecule has 0 bridgehead atoms. The number of anilines is 1. The molecule has 0 saturated heterocycles. The fourth-order valence-electron chi connectivity index (χ4n) is 1.73. The number of furan rings is 1. The van der Waals surface area contributed by atoms with Gasteiger partial charge in [-0.3, -0.25) is 9.59 Å². The fraction of sp³-hybridized carbons (Fsp3) is 0.200. The van der Waals surface area contributed by atoms with Gasteiger partial charge in [0.15, 0.2) is 0 Å². The van der Waals surface area contributed by atoms with Crippen LogP contribution in [0.15, 0.2) is 41.0 Å². The predicted octanol–water partition coefficient (Wildman–Crippen LogP) is 3.33. The van der Waals surface area contributed by atoms with Crippen LogP contribution in [0.2, 0.25) is 5.22 Å². The lowest BCUT2D eigenvalue weighted by molar-refractivity contribution is 0.0952. The number of rotatable bonds is 5. The molecule has 0 aliphatic carbocycles. The van der Waals surface area contributed by atoms with Crippen LogP contribution in [0.4, 0.5) is 5.69 Å². The predicted molar refractivity (Wildman–Crippen MR) is 80.7 cm³/mol. The Bertz CT molecular complexity index is 652. The standard InChI is InChI=1S/C15H15ClN2O3/c1-2-7-17-14(19)10-4-3-5-11(9-10)18-15(20)12-6-8-21-13(12)16/h3-6,8-9H,2,7H2,1H3,(H,17,19)(H,18,20). The van der Waals surface area contributed by atoms with Crippen molar-refractivity contribution in [1.29, 1.82) is 0 Å². The number of benzene rings is 1. The van der Waals surface area contributed by atoms with Crippen molar-refractivity contribution >= 4 is 29.1 Å². The Labute approximate surface area is 127 Å². The molecule has 1 heterocycles. The molecule has 2 rings (SSSR count). The third-order valence-corrected chi connectivity index (χ3v) is 3.07. The van der Waals surface area contributed by atoms with E-state index in [2.05, 4.69) is 10.6 Å². The molecule has 110 valence electrons. The van der Waals surface area contributed by atoms with Crippen LogP contribution in [0.5, 0.6) is 0 Å². The zero-order chi connectivity index (χ0) is 15.2. The summed E-state index contributed by atoms with van der Waals surface area (Å²) in [4.78, 5) is 23.9. The van der Waals surface area contributed by atoms with Crippen molar-refractivity contribution < 1.29 is 14.0 Å². The minimum absolute atomic E-state index is 0.0318. The Morgan fingerprint density at radius 2 is 2.05 bits per heavy atom. The maximum atomic E-state index is 12.0. The van der Waals surface area contributed by atoms with E-state index < -0.39 is 0 Å². The number of hydrogen-bond donors (Lipinski definition) is 2. The molecule has 21 heavy (non-hydrogen) atoms. The second kappa shape index (κ2) is 6.95. The summed E-state index contributed by atoms with van der Waals surface area (Å²) in [6.45, 7) is 2.59. The van der Waals surface area contributed by atoms with Crippen molar-refractivity contribution in [3.63, 3.8) is 0 Å². The summed E-state index contributed by atoms with van der Waals surface area (Å²) < 4.78 is 4.87. The van der Waals surface area contributed by atoms with Crippen LogP contribution in [0.25, 0.3) is 0 Å². The quantitative estimate of drug-likeness (QED) is 0.890. The highest BCUT2D eigenvalue weighted by Gasteiger charge is 2.13. The van der Waals surface area contributed by atoms with Crippen molar-refractivity contribution in [2.45, 2.75) is 13.3 Å². The second-order valence-corrected chi connectivity index (χ2v) is 4.74. The summed E-state index contributed by atoms with van der Waals surface area (Å²) in [6.07, 6.45) is 2.20. The van der Waals surface area contributed by atoms with Crippen LogP contribution >= 0.6 is 11.6 Å². The molecule has 0 spiro atoms. The topological polar surface area (TPSA) is 71.3 Å². The first-order valence-electron chi connectivity index (χ1n) is 6.54. The van der Waals surface area contributed by atoms with Gasteiger partial charge in [0.1, 0.15) is 0 Å². The summed E-state index contributed by atoms with van der Waals surface area (Å²) >= 11 is 5.75. The van der Waals surface area contributed by atoms with Crippen molar-refractivity contribution in [2.24, 2.45) is 0 Å². The normalized spacial score (nSPS) is 10.2. The molecule has 2 amide bonds. The fourth-order valence-corrected chi connectivity index (χ4v) is 1.93. The highest BCUT2D eigenvalue weighted by atomic mass is 35.5. The number of halogens is 1. The van der Waals surface area contributed by atoms with Gasteiger partial charge in [-0.2, -0.15) is 0 Å². The van der Waals surface area contributed by atoms with Gasteiger partial charge in [0.25, 0.3) is 11.8 Å². The molecular formula is C15H15ClN2O3. The number of amides is 2. The Balaban J connectivity index is 2.09. The van der Waals surface area contributed by atoms with Gasteiger partial charge in [-0.15, -0.1) is 0 Å². The van der Waals surface area contributed by atoms with Gasteiger partial charge in [0, 0.05) is 17.8 Å². The minimum atomic E-state index is -0.389. The molecular weight excluding hydrogens is 292 g/mol. The average molecular weight is 307 g/mol. The molecule has 0 aliphatic rings. The molecule has 0 atom stereocenters. The first kappa shape index (κ1) is 15.1. The van der Waals surface area contributed by atoms with E-state index in [4.69, 9.17) is 16.0 Å². The first-order valence-corrected chi connectivity index (χ1v) is 6.92. The summed E-state index contributed by atoms with van der Waals surface area (Å²) in [5.74, 6) is -0.561. The average Bonchev–Trinajstić information content (AvgIpc) is 2.91. The van der Waals surface area contributed by atoms with Gasteiger partial charge in [-0.05, 0) is 42.3 Å². The van der Waals surface area contributed by atoms with E-state index >= 15 is 0 Å². The van der Waals surface area contributed by atoms with Gasteiger partial charge in [0.2, 0.25) is 5.22 Å². The molecule has 2 aromatic rings. The molecule has 1 aromatic heterocycles. The van der Waals surface area contributed by atoms with Gasteiger partial charge < -0.3 is 15.1 Å². The van der Waals surface area contributed by atoms with Crippen LogP contribution in [0.3, 0.4) is 0 Å². The lowest BCUT2D eigenvalue weighted by atomic mass is 10.2. The van der Waals surface area contributed by atoms with Gasteiger partial charge in [0.05, 0.1) is 11.8 Å². The van der Waals surface area contributed by atoms with Crippen LogP contribution in [0.1, 0.15) is 34.1 Å². The maximum absolute atomic E-state index is 12.0. The molecule has 2 N–H and O–H groups in total. The second-order valence-electron chi connectivity index (χ2n) is 4.40. The minimum Gasteiger partial charge on any atom is -0.452 e. The lowest BCUT2D eigenvalue weighted by Gasteiger charge is -2.07. The van der Waals surface area contributed by atoms with E-state index in [1.54, 1.807) is 24.3 Å². The monoisotopic (exact) mass is 306 g/mol. The molecule has 5 nitrogen and oxygen atoms in total. The van der Waals surface area contributed by atoms with Crippen molar-refractivity contribution in [2.75, 3.05) is 11.9 Å². The number of hydrogen-bond acceptors (Lipinski definition) is 3. The van der Waals surface area contributed by atoms with Crippen molar-refractivity contribution in [1.82, 2.24) is 5.32 Å². The molecule has 6 heteroatoms. The largest absolute Gasteiger partial charge is 0.452 e. The van der Waals surface area contributed by atoms with Gasteiger partial charge >= 0.3 is 0 Å². The Morgan fingerprint density at radius 1 is 1.24 bits per heavy atom. The highest BCUT2D eigenvalue weighted by molar-refractivity contribution is 6.32. The molecule has 0 fully saturated rings. The number of carbonyl (C=O) groups excluding carboxylic acids is 2. The first-order chi connectivity index (χ1) is 10.1. The Morgan fingerprint density at radius 3 is 2.71 bits per heavy atom. The third kappa shape index (κ3) is 3.86. The zero-order valence-corrected chi connectivity index (χ0v) is 12.2. The molecule has 0 aliphatic heterocycles. The smallest absolute Gasteiger partial charge is 0.260 e. The van der Waals surface area contributed by atoms with E-state index in [9.17, 15) is 9.59 Å². The molecule has 0 saturated carbocycles. The Hall–Kier alpha value is -2.27. The summed E-state index contributed by atoms with van der Waals surface area (Å²) in [7, 11) is 0. The van der Waals surface area contributed by atoms with Crippen molar-refractivity contribution in [3.8, 4) is 0 Å². The Kier molecular flexibility index (Phi) is 5.00. The van der Waals surface area contributed by atoms with E-state index in [0.29, 0.717) is 17.8 Å². The molecule has 1 aromatic carbocycles. The van der Waals surface area contributed by atoms with E-state index in [1.165, 1.54) is 12.3 Å². The number of nitrogens with one attached hydrogen (secondary N) is 2.